The third-order valence-corrected chi connectivity index (χ3v) is 2.83. The summed E-state index contributed by atoms with van der Waals surface area (Å²) in [6.45, 7) is 4.30. The molecule has 1 unspecified atom stereocenters. The topological polar surface area (TPSA) is 49.8 Å². The van der Waals surface area contributed by atoms with Crippen molar-refractivity contribution in [3.8, 4) is 0 Å². The van der Waals surface area contributed by atoms with Crippen LogP contribution < -0.4 is 0 Å². The lowest BCUT2D eigenvalue weighted by molar-refractivity contribution is -0.145. The standard InChI is InChI=1S/C10H19NO3/c1-10(2,7-12)11(3)9(13)8-5-4-6-14-8/h8,12H,4-7H2,1-3H3. The molecule has 0 aromatic rings. The predicted molar refractivity (Wildman–Crippen MR) is 52.9 cm³/mol. The van der Waals surface area contributed by atoms with Crippen LogP contribution in [0.15, 0.2) is 0 Å². The number of nitrogens with zero attached hydrogens (tertiary/aromatic N) is 1. The first-order valence-electron chi connectivity index (χ1n) is 4.99. The number of carbonyl (C=O) groups excluding carboxylic acids is 1. The number of amides is 1. The first kappa shape index (κ1) is 11.5. The summed E-state index contributed by atoms with van der Waals surface area (Å²) < 4.78 is 5.30. The second kappa shape index (κ2) is 4.28. The van der Waals surface area contributed by atoms with Gasteiger partial charge in [0.2, 0.25) is 0 Å². The third-order valence-electron chi connectivity index (χ3n) is 2.83. The van der Waals surface area contributed by atoms with Gasteiger partial charge in [-0.05, 0) is 26.7 Å². The molecule has 1 amide bonds. The van der Waals surface area contributed by atoms with Crippen LogP contribution in [0.2, 0.25) is 0 Å². The number of rotatable bonds is 3. The fourth-order valence-corrected chi connectivity index (χ4v) is 1.39. The average molecular weight is 201 g/mol. The zero-order valence-electron chi connectivity index (χ0n) is 9.12. The molecule has 14 heavy (non-hydrogen) atoms. The zero-order valence-corrected chi connectivity index (χ0v) is 9.12. The summed E-state index contributed by atoms with van der Waals surface area (Å²) in [7, 11) is 1.71. The second-order valence-corrected chi connectivity index (χ2v) is 4.37. The van der Waals surface area contributed by atoms with Gasteiger partial charge in [0, 0.05) is 13.7 Å². The van der Waals surface area contributed by atoms with Gasteiger partial charge in [-0.15, -0.1) is 0 Å². The van der Waals surface area contributed by atoms with Crippen molar-refractivity contribution in [1.82, 2.24) is 4.90 Å². The van der Waals surface area contributed by atoms with E-state index in [0.717, 1.165) is 12.8 Å². The van der Waals surface area contributed by atoms with E-state index in [-0.39, 0.29) is 18.6 Å². The lowest BCUT2D eigenvalue weighted by Crippen LogP contribution is -2.51. The Bertz CT molecular complexity index is 209. The van der Waals surface area contributed by atoms with Gasteiger partial charge in [-0.25, -0.2) is 0 Å². The van der Waals surface area contributed by atoms with Crippen LogP contribution in [0.5, 0.6) is 0 Å². The Balaban J connectivity index is 2.59. The predicted octanol–water partition coefficient (Wildman–Crippen LogP) is 0.395. The smallest absolute Gasteiger partial charge is 0.251 e. The summed E-state index contributed by atoms with van der Waals surface area (Å²) in [5.41, 5.74) is -0.511. The second-order valence-electron chi connectivity index (χ2n) is 4.37. The van der Waals surface area contributed by atoms with Crippen LogP contribution >= 0.6 is 0 Å². The highest BCUT2D eigenvalue weighted by molar-refractivity contribution is 5.81. The van der Waals surface area contributed by atoms with E-state index in [1.54, 1.807) is 11.9 Å². The number of hydrogen-bond acceptors (Lipinski definition) is 3. The van der Waals surface area contributed by atoms with Crippen molar-refractivity contribution < 1.29 is 14.6 Å². The summed E-state index contributed by atoms with van der Waals surface area (Å²) in [5.74, 6) is -0.0263. The van der Waals surface area contributed by atoms with Gasteiger partial charge in [-0.3, -0.25) is 4.79 Å². The van der Waals surface area contributed by atoms with Gasteiger partial charge in [0.05, 0.1) is 12.1 Å². The van der Waals surface area contributed by atoms with Gasteiger partial charge in [0.25, 0.3) is 5.91 Å². The van der Waals surface area contributed by atoms with E-state index in [0.29, 0.717) is 6.61 Å². The van der Waals surface area contributed by atoms with Gasteiger partial charge >= 0.3 is 0 Å². The Morgan fingerprint density at radius 2 is 2.29 bits per heavy atom. The van der Waals surface area contributed by atoms with Crippen LogP contribution in [0.1, 0.15) is 26.7 Å². The van der Waals surface area contributed by atoms with Gasteiger partial charge in [-0.1, -0.05) is 0 Å². The molecule has 1 atom stereocenters. The molecule has 0 radical (unpaired) electrons. The first-order valence-corrected chi connectivity index (χ1v) is 4.99. The van der Waals surface area contributed by atoms with E-state index in [1.807, 2.05) is 13.8 Å². The molecule has 1 saturated heterocycles. The van der Waals surface area contributed by atoms with Crippen molar-refractivity contribution in [1.29, 1.82) is 0 Å². The Kier molecular flexibility index (Phi) is 3.50. The van der Waals surface area contributed by atoms with Crippen LogP contribution in [0.3, 0.4) is 0 Å². The molecule has 1 heterocycles. The van der Waals surface area contributed by atoms with E-state index in [1.165, 1.54) is 0 Å². The highest BCUT2D eigenvalue weighted by atomic mass is 16.5. The highest BCUT2D eigenvalue weighted by Crippen LogP contribution is 2.19. The minimum atomic E-state index is -0.511. The van der Waals surface area contributed by atoms with Crippen molar-refractivity contribution in [2.45, 2.75) is 38.3 Å². The lowest BCUT2D eigenvalue weighted by atomic mass is 10.0. The molecule has 1 aliphatic heterocycles. The number of carbonyl (C=O) groups is 1. The average Bonchev–Trinajstić information content (AvgIpc) is 2.68. The summed E-state index contributed by atoms with van der Waals surface area (Å²) in [6, 6.07) is 0. The maximum absolute atomic E-state index is 11.8. The molecule has 0 spiro atoms. The van der Waals surface area contributed by atoms with Gasteiger partial charge in [0.1, 0.15) is 6.10 Å². The van der Waals surface area contributed by atoms with Crippen molar-refractivity contribution in [3.63, 3.8) is 0 Å². The van der Waals surface area contributed by atoms with Gasteiger partial charge in [-0.2, -0.15) is 0 Å². The molecule has 0 aromatic heterocycles. The Morgan fingerprint density at radius 3 is 2.71 bits per heavy atom. The Labute approximate surface area is 84.8 Å². The molecule has 0 aliphatic carbocycles. The maximum atomic E-state index is 11.8. The Hall–Kier alpha value is -0.610. The van der Waals surface area contributed by atoms with E-state index in [2.05, 4.69) is 0 Å². The monoisotopic (exact) mass is 201 g/mol. The van der Waals surface area contributed by atoms with Crippen LogP contribution in [-0.4, -0.2) is 47.8 Å². The van der Waals surface area contributed by atoms with E-state index >= 15 is 0 Å². The molecule has 0 saturated carbocycles. The van der Waals surface area contributed by atoms with E-state index < -0.39 is 5.54 Å². The number of likely N-dealkylation sites (N-methyl/N-ethyl adjacent to an activating group) is 1. The molecule has 1 fully saturated rings. The largest absolute Gasteiger partial charge is 0.394 e. The molecule has 82 valence electrons. The third kappa shape index (κ3) is 2.25. The zero-order chi connectivity index (χ0) is 10.8. The van der Waals surface area contributed by atoms with Crippen LogP contribution in [0, 0.1) is 0 Å². The molecule has 4 nitrogen and oxygen atoms in total. The van der Waals surface area contributed by atoms with Crippen molar-refractivity contribution in [3.05, 3.63) is 0 Å². The molecule has 1 N–H and O–H groups in total. The van der Waals surface area contributed by atoms with Crippen LogP contribution in [-0.2, 0) is 9.53 Å². The summed E-state index contributed by atoms with van der Waals surface area (Å²) in [6.07, 6.45) is 1.44. The minimum absolute atomic E-state index is 0.0263. The van der Waals surface area contributed by atoms with Crippen LogP contribution in [0.4, 0.5) is 0 Å². The van der Waals surface area contributed by atoms with Crippen molar-refractivity contribution in [2.24, 2.45) is 0 Å². The molecule has 1 aliphatic rings. The van der Waals surface area contributed by atoms with E-state index in [9.17, 15) is 4.79 Å². The normalized spacial score (nSPS) is 22.4. The first-order chi connectivity index (χ1) is 6.49. The SMILES string of the molecule is CN(C(=O)C1CCCO1)C(C)(C)CO. The lowest BCUT2D eigenvalue weighted by Gasteiger charge is -2.35. The van der Waals surface area contributed by atoms with Crippen LogP contribution in [0.25, 0.3) is 0 Å². The van der Waals surface area contributed by atoms with Gasteiger partial charge < -0.3 is 14.7 Å². The Morgan fingerprint density at radius 1 is 1.64 bits per heavy atom. The van der Waals surface area contributed by atoms with Crippen molar-refractivity contribution in [2.75, 3.05) is 20.3 Å². The maximum Gasteiger partial charge on any atom is 0.251 e. The fraction of sp³-hybridized carbons (Fsp3) is 0.900. The van der Waals surface area contributed by atoms with Crippen molar-refractivity contribution >= 4 is 5.91 Å². The summed E-state index contributed by atoms with van der Waals surface area (Å²) in [5, 5.41) is 9.12. The molecular formula is C10H19NO3. The molecular weight excluding hydrogens is 182 g/mol. The molecule has 0 aromatic carbocycles. The van der Waals surface area contributed by atoms with E-state index in [4.69, 9.17) is 9.84 Å². The number of hydrogen-bond donors (Lipinski definition) is 1. The molecule has 0 bridgehead atoms. The number of aliphatic hydroxyl groups is 1. The quantitative estimate of drug-likeness (QED) is 0.719. The summed E-state index contributed by atoms with van der Waals surface area (Å²) in [4.78, 5) is 13.4. The number of ether oxygens (including phenoxy) is 1. The molecule has 1 rings (SSSR count). The highest BCUT2D eigenvalue weighted by Gasteiger charge is 2.33. The summed E-state index contributed by atoms with van der Waals surface area (Å²) >= 11 is 0. The molecule has 4 heteroatoms. The number of aliphatic hydroxyl groups excluding tert-OH is 1. The minimum Gasteiger partial charge on any atom is -0.394 e. The van der Waals surface area contributed by atoms with Gasteiger partial charge in [0.15, 0.2) is 0 Å². The fourth-order valence-electron chi connectivity index (χ4n) is 1.39.